The molecule has 4 rings (SSSR count). The Bertz CT molecular complexity index is 1340. The first kappa shape index (κ1) is 23.0. The van der Waals surface area contributed by atoms with Gasteiger partial charge in [0.1, 0.15) is 16.5 Å². The molecule has 0 saturated heterocycles. The molecule has 9 heteroatoms. The highest BCUT2D eigenvalue weighted by Gasteiger charge is 2.19. The smallest absolute Gasteiger partial charge is 0.204 e. The van der Waals surface area contributed by atoms with E-state index in [4.69, 9.17) is 9.21 Å². The van der Waals surface area contributed by atoms with Gasteiger partial charge in [0.05, 0.1) is 23.3 Å². The molecule has 0 aliphatic heterocycles. The molecule has 0 fully saturated rings. The van der Waals surface area contributed by atoms with E-state index in [-0.39, 0.29) is 11.3 Å². The van der Waals surface area contributed by atoms with Gasteiger partial charge in [-0.3, -0.25) is 4.79 Å². The number of primary amides is 1. The largest absolute Gasteiger partial charge is 0.464 e. The molecule has 0 aliphatic carbocycles. The molecule has 0 spiro atoms. The van der Waals surface area contributed by atoms with Crippen molar-refractivity contribution < 1.29 is 22.0 Å². The number of nitrogens with two attached hydrogens (primary N) is 1. The van der Waals surface area contributed by atoms with Crippen LogP contribution in [0.4, 0.5) is 4.39 Å². The van der Waals surface area contributed by atoms with E-state index >= 15 is 0 Å². The summed E-state index contributed by atoms with van der Waals surface area (Å²) >= 11 is 0. The van der Waals surface area contributed by atoms with Crippen LogP contribution in [-0.2, 0) is 14.6 Å². The number of halogens is 1. The van der Waals surface area contributed by atoms with Crippen molar-refractivity contribution in [2.75, 3.05) is 6.26 Å². The number of hydrogen-bond acceptors (Lipinski definition) is 5. The van der Waals surface area contributed by atoms with Crippen LogP contribution in [-0.4, -0.2) is 30.9 Å². The van der Waals surface area contributed by atoms with Crippen molar-refractivity contribution in [1.29, 1.82) is 0 Å². The predicted octanol–water partition coefficient (Wildman–Crippen LogP) is 4.06. The highest BCUT2D eigenvalue weighted by Crippen LogP contribution is 2.31. The summed E-state index contributed by atoms with van der Waals surface area (Å²) in [5.74, 6) is -0.0219. The molecular weight excluding hydrogens is 433 g/mol. The molecule has 4 aromatic rings. The number of sulfone groups is 1. The number of carbonyl (C=O) groups excluding carboxylic acids is 1. The summed E-state index contributed by atoms with van der Waals surface area (Å²) < 4.78 is 44.9. The zero-order valence-corrected chi connectivity index (χ0v) is 18.6. The summed E-state index contributed by atoms with van der Waals surface area (Å²) in [4.78, 5) is 8.26. The van der Waals surface area contributed by atoms with E-state index < -0.39 is 15.7 Å². The number of furan rings is 1. The van der Waals surface area contributed by atoms with Crippen molar-refractivity contribution in [2.24, 2.45) is 5.73 Å². The molecule has 2 aromatic heterocycles. The van der Waals surface area contributed by atoms with Crippen molar-refractivity contribution in [2.45, 2.75) is 18.7 Å². The van der Waals surface area contributed by atoms with Gasteiger partial charge in [-0.05, 0) is 43.7 Å². The lowest BCUT2D eigenvalue weighted by Gasteiger charge is -2.11. The van der Waals surface area contributed by atoms with Gasteiger partial charge >= 0.3 is 0 Å². The quantitative estimate of drug-likeness (QED) is 0.467. The normalized spacial score (nSPS) is 11.0. The van der Waals surface area contributed by atoms with Crippen molar-refractivity contribution >= 4 is 16.2 Å². The number of rotatable bonds is 4. The van der Waals surface area contributed by atoms with Gasteiger partial charge in [-0.2, -0.15) is 5.10 Å². The lowest BCUT2D eigenvalue weighted by atomic mass is 10.0. The molecule has 2 aromatic carbocycles. The standard InChI is InChI=1S/C22H19FN2O3S.CH3NO/c1-14-15(2)24-25(18-10-11-21(19(23)13-18)29(3,26)27)22(14)17-8-6-16(7-9-17)20-5-4-12-28-20;2-1-3/h4-13H,1-3H3;1H,(H2,2,3). The fourth-order valence-corrected chi connectivity index (χ4v) is 4.02. The molecule has 0 atom stereocenters. The van der Waals surface area contributed by atoms with Crippen LogP contribution in [0.2, 0.25) is 0 Å². The monoisotopic (exact) mass is 455 g/mol. The van der Waals surface area contributed by atoms with E-state index in [1.165, 1.54) is 12.1 Å². The van der Waals surface area contributed by atoms with E-state index in [1.54, 1.807) is 17.0 Å². The summed E-state index contributed by atoms with van der Waals surface area (Å²) in [7, 11) is -3.64. The molecule has 2 heterocycles. The van der Waals surface area contributed by atoms with Gasteiger partial charge in [0.25, 0.3) is 0 Å². The summed E-state index contributed by atoms with van der Waals surface area (Å²) in [6, 6.07) is 15.6. The Morgan fingerprint density at radius 3 is 2.22 bits per heavy atom. The van der Waals surface area contributed by atoms with Crippen LogP contribution in [0.15, 0.2) is 70.2 Å². The maximum absolute atomic E-state index is 14.5. The van der Waals surface area contributed by atoms with E-state index in [0.717, 1.165) is 40.1 Å². The average molecular weight is 456 g/mol. The third-order valence-corrected chi connectivity index (χ3v) is 6.01. The number of hydrogen-bond donors (Lipinski definition) is 1. The van der Waals surface area contributed by atoms with Gasteiger partial charge in [0, 0.05) is 23.4 Å². The third kappa shape index (κ3) is 4.62. The molecule has 7 nitrogen and oxygen atoms in total. The van der Waals surface area contributed by atoms with E-state index in [1.807, 2.05) is 50.2 Å². The molecule has 0 aliphatic rings. The van der Waals surface area contributed by atoms with Gasteiger partial charge in [-0.15, -0.1) is 0 Å². The number of nitrogens with zero attached hydrogens (tertiary/aromatic N) is 2. The second-order valence-corrected chi connectivity index (χ2v) is 9.03. The van der Waals surface area contributed by atoms with Crippen molar-refractivity contribution in [3.05, 3.63) is 77.9 Å². The number of aromatic nitrogens is 2. The molecule has 0 unspecified atom stereocenters. The van der Waals surface area contributed by atoms with Crippen molar-refractivity contribution in [3.8, 4) is 28.3 Å². The molecule has 0 radical (unpaired) electrons. The first-order chi connectivity index (χ1) is 15.2. The minimum Gasteiger partial charge on any atom is -0.464 e. The lowest BCUT2D eigenvalue weighted by Crippen LogP contribution is -2.04. The Balaban J connectivity index is 0.000000913. The Labute approximate surface area is 185 Å². The van der Waals surface area contributed by atoms with Crippen LogP contribution in [0.25, 0.3) is 28.3 Å². The fraction of sp³-hybridized carbons (Fsp3) is 0.130. The zero-order chi connectivity index (χ0) is 23.5. The highest BCUT2D eigenvalue weighted by atomic mass is 32.2. The van der Waals surface area contributed by atoms with Gasteiger partial charge in [-0.25, -0.2) is 17.5 Å². The molecule has 2 N–H and O–H groups in total. The molecule has 1 amide bonds. The molecule has 166 valence electrons. The first-order valence-corrected chi connectivity index (χ1v) is 11.4. The summed E-state index contributed by atoms with van der Waals surface area (Å²) in [5.41, 5.74) is 9.07. The van der Waals surface area contributed by atoms with Crippen LogP contribution in [0.5, 0.6) is 0 Å². The van der Waals surface area contributed by atoms with E-state index in [0.29, 0.717) is 5.69 Å². The Morgan fingerprint density at radius 1 is 1.06 bits per heavy atom. The Kier molecular flexibility index (Phi) is 6.59. The van der Waals surface area contributed by atoms with Crippen LogP contribution in [0.3, 0.4) is 0 Å². The van der Waals surface area contributed by atoms with E-state index in [9.17, 15) is 12.8 Å². The van der Waals surface area contributed by atoms with Gasteiger partial charge in [0.15, 0.2) is 9.84 Å². The zero-order valence-electron chi connectivity index (χ0n) is 17.7. The Morgan fingerprint density at radius 2 is 1.69 bits per heavy atom. The minimum atomic E-state index is -3.64. The summed E-state index contributed by atoms with van der Waals surface area (Å²) in [5, 5.41) is 4.54. The second-order valence-electron chi connectivity index (χ2n) is 7.05. The highest BCUT2D eigenvalue weighted by molar-refractivity contribution is 7.90. The van der Waals surface area contributed by atoms with Crippen molar-refractivity contribution in [3.63, 3.8) is 0 Å². The maximum Gasteiger partial charge on any atom is 0.204 e. The SMILES string of the molecule is Cc1nn(-c2ccc(S(C)(=O)=O)c(F)c2)c(-c2ccc(-c3ccco3)cc2)c1C.NC=O. The van der Waals surface area contributed by atoms with Crippen LogP contribution in [0, 0.1) is 19.7 Å². The van der Waals surface area contributed by atoms with Crippen molar-refractivity contribution in [1.82, 2.24) is 9.78 Å². The molecule has 0 saturated carbocycles. The van der Waals surface area contributed by atoms with Gasteiger partial charge in [0.2, 0.25) is 6.41 Å². The lowest BCUT2D eigenvalue weighted by molar-refractivity contribution is -0.106. The number of amides is 1. The molecular formula is C23H22FN3O4S. The Hall–Kier alpha value is -3.72. The van der Waals surface area contributed by atoms with Crippen LogP contribution in [0.1, 0.15) is 11.3 Å². The summed E-state index contributed by atoms with van der Waals surface area (Å²) in [6.07, 6.45) is 2.86. The van der Waals surface area contributed by atoms with Gasteiger partial charge in [-0.1, -0.05) is 24.3 Å². The molecule has 0 bridgehead atoms. The average Bonchev–Trinajstić information content (AvgIpc) is 3.37. The predicted molar refractivity (Wildman–Crippen MR) is 119 cm³/mol. The first-order valence-electron chi connectivity index (χ1n) is 9.53. The maximum atomic E-state index is 14.5. The number of aryl methyl sites for hydroxylation is 1. The molecule has 32 heavy (non-hydrogen) atoms. The second kappa shape index (κ2) is 9.19. The fourth-order valence-electron chi connectivity index (χ4n) is 3.29. The van der Waals surface area contributed by atoms with E-state index in [2.05, 4.69) is 10.8 Å². The van der Waals surface area contributed by atoms with Crippen LogP contribution >= 0.6 is 0 Å². The van der Waals surface area contributed by atoms with Gasteiger partial charge < -0.3 is 10.2 Å². The minimum absolute atomic E-state index is 0.250. The number of carbonyl (C=O) groups is 1. The van der Waals surface area contributed by atoms with Crippen LogP contribution < -0.4 is 5.73 Å². The summed E-state index contributed by atoms with van der Waals surface area (Å²) in [6.45, 7) is 3.84. The number of benzene rings is 2. The topological polar surface area (TPSA) is 108 Å². The third-order valence-electron chi connectivity index (χ3n) is 4.88.